The van der Waals surface area contributed by atoms with E-state index in [4.69, 9.17) is 13.8 Å². The summed E-state index contributed by atoms with van der Waals surface area (Å²) in [6, 6.07) is 27.1. The number of hydrogen-bond donors (Lipinski definition) is 0. The Morgan fingerprint density at radius 1 is 0.636 bits per heavy atom. The van der Waals surface area contributed by atoms with Crippen molar-refractivity contribution >= 4 is 55.8 Å². The van der Waals surface area contributed by atoms with Gasteiger partial charge in [-0.3, -0.25) is 4.99 Å². The lowest BCUT2D eigenvalue weighted by molar-refractivity contribution is 0.663. The second-order valence-corrected chi connectivity index (χ2v) is 10.3. The molecular weight excluding hydrogens is 538 g/mol. The number of hydrogen-bond acceptors (Lipinski definition) is 3. The first kappa shape index (κ1) is 28.4. The summed E-state index contributed by atoms with van der Waals surface area (Å²) in [5.41, 5.74) is 8.32. The molecule has 0 unspecified atom stereocenters. The molecular formula is C41H33NO2. The van der Waals surface area contributed by atoms with Crippen molar-refractivity contribution in [3.63, 3.8) is 0 Å². The largest absolute Gasteiger partial charge is 0.456 e. The number of aliphatic imine (C=N–C) groups is 1. The molecule has 0 spiro atoms. The third kappa shape index (κ3) is 5.81. The van der Waals surface area contributed by atoms with Gasteiger partial charge in [-0.05, 0) is 79.1 Å². The third-order valence-corrected chi connectivity index (χ3v) is 7.43. The molecule has 0 aliphatic carbocycles. The van der Waals surface area contributed by atoms with Crippen LogP contribution in [0.15, 0.2) is 172 Å². The molecule has 0 aliphatic rings. The second kappa shape index (κ2) is 13.1. The minimum atomic E-state index is 0.808. The van der Waals surface area contributed by atoms with Crippen molar-refractivity contribution in [1.29, 1.82) is 0 Å². The van der Waals surface area contributed by atoms with Crippen LogP contribution in [0.2, 0.25) is 0 Å². The molecule has 3 nitrogen and oxygen atoms in total. The molecule has 0 atom stereocenters. The predicted molar refractivity (Wildman–Crippen MR) is 189 cm³/mol. The van der Waals surface area contributed by atoms with Gasteiger partial charge in [0.2, 0.25) is 0 Å². The van der Waals surface area contributed by atoms with E-state index in [9.17, 15) is 0 Å². The maximum absolute atomic E-state index is 6.53. The Hall–Kier alpha value is -5.67. The molecule has 6 rings (SSSR count). The lowest BCUT2D eigenvalue weighted by Crippen LogP contribution is -1.85. The molecule has 0 N–H and O–H groups in total. The first-order valence-electron chi connectivity index (χ1n) is 14.7. The summed E-state index contributed by atoms with van der Waals surface area (Å²) in [6.07, 6.45) is 23.6. The van der Waals surface area contributed by atoms with E-state index < -0.39 is 0 Å². The van der Waals surface area contributed by atoms with E-state index >= 15 is 0 Å². The van der Waals surface area contributed by atoms with Crippen LogP contribution in [0.3, 0.4) is 0 Å². The van der Waals surface area contributed by atoms with Crippen molar-refractivity contribution in [2.24, 2.45) is 4.99 Å². The molecule has 0 bridgehead atoms. The molecule has 0 saturated heterocycles. The number of rotatable bonds is 9. The molecule has 0 radical (unpaired) electrons. The monoisotopic (exact) mass is 571 g/mol. The Balaban J connectivity index is 1.48. The van der Waals surface area contributed by atoms with Gasteiger partial charge in [-0.15, -0.1) is 0 Å². The van der Waals surface area contributed by atoms with E-state index in [1.807, 2.05) is 105 Å². The molecule has 0 fully saturated rings. The van der Waals surface area contributed by atoms with Crippen molar-refractivity contribution in [1.82, 2.24) is 0 Å². The van der Waals surface area contributed by atoms with Gasteiger partial charge in [0.1, 0.15) is 22.3 Å². The van der Waals surface area contributed by atoms with Crippen LogP contribution in [0, 0.1) is 0 Å². The van der Waals surface area contributed by atoms with Crippen molar-refractivity contribution in [3.8, 4) is 11.1 Å². The average molecular weight is 572 g/mol. The van der Waals surface area contributed by atoms with Gasteiger partial charge in [0.15, 0.2) is 0 Å². The minimum absolute atomic E-state index is 0.808. The highest BCUT2D eigenvalue weighted by Crippen LogP contribution is 2.41. The van der Waals surface area contributed by atoms with Crippen LogP contribution in [0.5, 0.6) is 0 Å². The van der Waals surface area contributed by atoms with Crippen LogP contribution in [0.1, 0.15) is 19.4 Å². The van der Waals surface area contributed by atoms with Crippen LogP contribution >= 0.6 is 0 Å². The van der Waals surface area contributed by atoms with Gasteiger partial charge in [-0.2, -0.15) is 0 Å². The van der Waals surface area contributed by atoms with Crippen LogP contribution in [-0.2, 0) is 0 Å². The van der Waals surface area contributed by atoms with Gasteiger partial charge < -0.3 is 8.83 Å². The highest BCUT2D eigenvalue weighted by Gasteiger charge is 2.17. The maximum atomic E-state index is 6.53. The fourth-order valence-corrected chi connectivity index (χ4v) is 5.24. The van der Waals surface area contributed by atoms with Crippen LogP contribution in [0.4, 0.5) is 0 Å². The van der Waals surface area contributed by atoms with Crippen molar-refractivity contribution in [3.05, 3.63) is 163 Å². The summed E-state index contributed by atoms with van der Waals surface area (Å²) in [4.78, 5) is 4.87. The summed E-state index contributed by atoms with van der Waals surface area (Å²) in [5, 5.41) is 4.09. The van der Waals surface area contributed by atoms with Crippen molar-refractivity contribution in [2.75, 3.05) is 0 Å². The van der Waals surface area contributed by atoms with E-state index in [1.165, 1.54) is 0 Å². The highest BCUT2D eigenvalue weighted by atomic mass is 16.3. The molecule has 44 heavy (non-hydrogen) atoms. The smallest absolute Gasteiger partial charge is 0.147 e. The Morgan fingerprint density at radius 2 is 1.39 bits per heavy atom. The SMILES string of the molecule is C=CC(/C=N\C(=C/C=C\C=C/C=C/C)c1ccc2oc3c(ccc4oc5ccc(-c6ccccc6)cc5c43)c2c1)=C\C=C/C. The zero-order valence-electron chi connectivity index (χ0n) is 24.9. The zero-order chi connectivity index (χ0) is 30.3. The maximum Gasteiger partial charge on any atom is 0.147 e. The molecule has 6 aromatic rings. The molecule has 0 amide bonds. The fourth-order valence-electron chi connectivity index (χ4n) is 5.24. The normalized spacial score (nSPS) is 13.6. The lowest BCUT2D eigenvalue weighted by Gasteiger charge is -2.03. The van der Waals surface area contributed by atoms with Crippen molar-refractivity contribution < 1.29 is 8.83 Å². The van der Waals surface area contributed by atoms with Gasteiger partial charge in [0, 0.05) is 27.9 Å². The zero-order valence-corrected chi connectivity index (χ0v) is 24.9. The Bertz CT molecular complexity index is 2190. The summed E-state index contributed by atoms with van der Waals surface area (Å²) < 4.78 is 12.8. The fraction of sp³-hybridized carbons (Fsp3) is 0.0488. The molecule has 214 valence electrons. The molecule has 3 heteroatoms. The number of benzene rings is 4. The lowest BCUT2D eigenvalue weighted by atomic mass is 10.0. The quantitative estimate of drug-likeness (QED) is 0.128. The first-order chi connectivity index (χ1) is 21.7. The van der Waals surface area contributed by atoms with E-state index in [1.54, 1.807) is 6.08 Å². The minimum Gasteiger partial charge on any atom is -0.456 e. The summed E-state index contributed by atoms with van der Waals surface area (Å²) >= 11 is 0. The Labute approximate surface area is 257 Å². The topological polar surface area (TPSA) is 38.6 Å². The van der Waals surface area contributed by atoms with E-state index in [2.05, 4.69) is 61.2 Å². The number of allylic oxidation sites excluding steroid dienone is 12. The average Bonchev–Trinajstić information content (AvgIpc) is 3.63. The van der Waals surface area contributed by atoms with Gasteiger partial charge in [0.05, 0.1) is 11.1 Å². The Morgan fingerprint density at radius 3 is 2.20 bits per heavy atom. The van der Waals surface area contributed by atoms with Crippen LogP contribution in [-0.4, -0.2) is 6.21 Å². The number of furan rings is 2. The Kier molecular flexibility index (Phi) is 8.47. The number of nitrogens with zero attached hydrogens (tertiary/aromatic N) is 1. The predicted octanol–water partition coefficient (Wildman–Crippen LogP) is 11.9. The summed E-state index contributed by atoms with van der Waals surface area (Å²) in [5.74, 6) is 0. The van der Waals surface area contributed by atoms with Crippen LogP contribution in [0.25, 0.3) is 60.7 Å². The summed E-state index contributed by atoms with van der Waals surface area (Å²) in [6.45, 7) is 7.92. The first-order valence-corrected chi connectivity index (χ1v) is 14.7. The van der Waals surface area contributed by atoms with E-state index in [0.717, 1.165) is 71.8 Å². The van der Waals surface area contributed by atoms with Gasteiger partial charge in [0.25, 0.3) is 0 Å². The second-order valence-electron chi connectivity index (χ2n) is 10.3. The molecule has 2 aromatic heterocycles. The molecule has 0 saturated carbocycles. The molecule has 0 aliphatic heterocycles. The van der Waals surface area contributed by atoms with Gasteiger partial charge in [-0.1, -0.05) is 104 Å². The van der Waals surface area contributed by atoms with E-state index in [-0.39, 0.29) is 0 Å². The highest BCUT2D eigenvalue weighted by molar-refractivity contribution is 6.22. The summed E-state index contributed by atoms with van der Waals surface area (Å²) in [7, 11) is 0. The van der Waals surface area contributed by atoms with Crippen molar-refractivity contribution in [2.45, 2.75) is 13.8 Å². The third-order valence-electron chi connectivity index (χ3n) is 7.43. The van der Waals surface area contributed by atoms with Crippen LogP contribution < -0.4 is 0 Å². The molecule has 2 heterocycles. The standard InChI is InChI=1S/C41H33NO2/c1-4-7-9-10-11-15-19-36(42-28-29(6-3)16-8-5-2)32-21-24-37-34(27-32)33-22-25-39-40(41(33)44-37)35-26-31(20-23-38(35)43-39)30-17-13-12-14-18-30/h4-28H,3H2,1-2H3/b7-4+,8-5-,10-9-,15-11-,29-16+,36-19-,42-28-. The van der Waals surface area contributed by atoms with E-state index in [0.29, 0.717) is 0 Å². The number of fused-ring (bicyclic) bond motifs is 7. The molecule has 4 aromatic carbocycles. The van der Waals surface area contributed by atoms with Gasteiger partial charge >= 0.3 is 0 Å². The van der Waals surface area contributed by atoms with Gasteiger partial charge in [-0.25, -0.2) is 0 Å².